The zero-order valence-corrected chi connectivity index (χ0v) is 6.43. The molecule has 1 aromatic rings. The molecule has 0 fully saturated rings. The predicted molar refractivity (Wildman–Crippen MR) is 42.3 cm³/mol. The first-order valence-corrected chi connectivity index (χ1v) is 3.56. The largest absolute Gasteiger partial charge is 0.329 e. The molecule has 12 heavy (non-hydrogen) atoms. The third kappa shape index (κ3) is 1.60. The molecule has 2 nitrogen and oxygen atoms in total. The van der Waals surface area contributed by atoms with Gasteiger partial charge in [-0.25, -0.2) is 8.78 Å². The number of hydrogen-bond donors (Lipinski definition) is 2. The van der Waals surface area contributed by atoms with Crippen LogP contribution < -0.4 is 11.5 Å². The number of benzene rings is 1. The molecule has 1 aromatic carbocycles. The Balaban J connectivity index is 3.12. The molecular weight excluding hydrogens is 162 g/mol. The van der Waals surface area contributed by atoms with Gasteiger partial charge in [0.25, 0.3) is 0 Å². The fourth-order valence-corrected chi connectivity index (χ4v) is 0.983. The lowest BCUT2D eigenvalue weighted by atomic mass is 10.1. The second-order valence-electron chi connectivity index (χ2n) is 2.48. The van der Waals surface area contributed by atoms with Gasteiger partial charge >= 0.3 is 0 Å². The van der Waals surface area contributed by atoms with Crippen LogP contribution in [0.2, 0.25) is 0 Å². The van der Waals surface area contributed by atoms with Gasteiger partial charge in [0, 0.05) is 18.2 Å². The molecule has 1 atom stereocenters. The number of halogens is 2. The van der Waals surface area contributed by atoms with Crippen molar-refractivity contribution in [3.05, 3.63) is 35.4 Å². The summed E-state index contributed by atoms with van der Waals surface area (Å²) in [6, 6.07) is 2.84. The van der Waals surface area contributed by atoms with E-state index in [9.17, 15) is 8.78 Å². The molecule has 0 unspecified atom stereocenters. The molecule has 0 aliphatic carbocycles. The molecule has 0 aliphatic heterocycles. The van der Waals surface area contributed by atoms with Crippen LogP contribution in [0.4, 0.5) is 8.78 Å². The first kappa shape index (κ1) is 9.09. The highest BCUT2D eigenvalue weighted by molar-refractivity contribution is 5.23. The van der Waals surface area contributed by atoms with E-state index in [1.165, 1.54) is 6.07 Å². The van der Waals surface area contributed by atoms with Crippen LogP contribution in [-0.4, -0.2) is 6.54 Å². The third-order valence-corrected chi connectivity index (χ3v) is 1.62. The van der Waals surface area contributed by atoms with Crippen LogP contribution in [0.15, 0.2) is 18.2 Å². The van der Waals surface area contributed by atoms with Crippen LogP contribution in [0.25, 0.3) is 0 Å². The van der Waals surface area contributed by atoms with Gasteiger partial charge in [-0.2, -0.15) is 0 Å². The maximum Gasteiger partial charge on any atom is 0.130 e. The van der Waals surface area contributed by atoms with Gasteiger partial charge in [-0.15, -0.1) is 0 Å². The van der Waals surface area contributed by atoms with Crippen LogP contribution in [0.1, 0.15) is 11.6 Å². The van der Waals surface area contributed by atoms with Gasteiger partial charge in [-0.3, -0.25) is 0 Å². The van der Waals surface area contributed by atoms with Crippen LogP contribution in [0, 0.1) is 11.6 Å². The summed E-state index contributed by atoms with van der Waals surface area (Å²) in [6.07, 6.45) is 0. The van der Waals surface area contributed by atoms with Crippen molar-refractivity contribution in [2.24, 2.45) is 11.5 Å². The second-order valence-corrected chi connectivity index (χ2v) is 2.48. The van der Waals surface area contributed by atoms with Gasteiger partial charge in [0.1, 0.15) is 11.6 Å². The average Bonchev–Trinajstić information content (AvgIpc) is 2.03. The molecule has 0 heterocycles. The van der Waals surface area contributed by atoms with E-state index in [-0.39, 0.29) is 12.1 Å². The summed E-state index contributed by atoms with van der Waals surface area (Å²) >= 11 is 0. The molecule has 0 amide bonds. The molecule has 0 saturated heterocycles. The highest BCUT2D eigenvalue weighted by Gasteiger charge is 2.14. The van der Waals surface area contributed by atoms with Gasteiger partial charge in [-0.05, 0) is 12.1 Å². The van der Waals surface area contributed by atoms with E-state index in [0.29, 0.717) is 0 Å². The molecule has 4 N–H and O–H groups in total. The Morgan fingerprint density at radius 1 is 1.25 bits per heavy atom. The monoisotopic (exact) mass is 172 g/mol. The number of nitrogens with two attached hydrogens (primary N) is 2. The average molecular weight is 172 g/mol. The standard InChI is InChI=1S/C8H10F2N2/c9-5-2-1-3-6(10)8(5)7(12)4-11/h1-3,7H,4,11-12H2/t7-/m0/s1. The minimum absolute atomic E-state index is 0.0256. The molecule has 66 valence electrons. The van der Waals surface area contributed by atoms with E-state index in [1.807, 2.05) is 0 Å². The zero-order chi connectivity index (χ0) is 9.14. The van der Waals surface area contributed by atoms with E-state index in [4.69, 9.17) is 11.5 Å². The molecule has 0 bridgehead atoms. The molecule has 0 aliphatic rings. The molecule has 0 aromatic heterocycles. The lowest BCUT2D eigenvalue weighted by Crippen LogP contribution is -2.23. The summed E-state index contributed by atoms with van der Waals surface area (Å²) in [6.45, 7) is 0.0256. The smallest absolute Gasteiger partial charge is 0.130 e. The van der Waals surface area contributed by atoms with Gasteiger partial charge in [0.15, 0.2) is 0 Å². The van der Waals surface area contributed by atoms with Gasteiger partial charge in [0.05, 0.1) is 0 Å². The third-order valence-electron chi connectivity index (χ3n) is 1.62. The van der Waals surface area contributed by atoms with Crippen LogP contribution in [0.5, 0.6) is 0 Å². The highest BCUT2D eigenvalue weighted by Crippen LogP contribution is 2.17. The fraction of sp³-hybridized carbons (Fsp3) is 0.250. The highest BCUT2D eigenvalue weighted by atomic mass is 19.1. The molecular formula is C8H10F2N2. The maximum atomic E-state index is 12.9. The molecule has 0 saturated carbocycles. The van der Waals surface area contributed by atoms with Gasteiger partial charge in [0.2, 0.25) is 0 Å². The van der Waals surface area contributed by atoms with Gasteiger partial charge in [-0.1, -0.05) is 6.07 Å². The summed E-state index contributed by atoms with van der Waals surface area (Å²) in [5.41, 5.74) is 10.4. The lowest BCUT2D eigenvalue weighted by molar-refractivity contribution is 0.528. The zero-order valence-electron chi connectivity index (χ0n) is 6.43. The Morgan fingerprint density at radius 2 is 1.75 bits per heavy atom. The van der Waals surface area contributed by atoms with Crippen LogP contribution >= 0.6 is 0 Å². The topological polar surface area (TPSA) is 52.0 Å². The first-order valence-electron chi connectivity index (χ1n) is 3.56. The Kier molecular flexibility index (Phi) is 2.73. The fourth-order valence-electron chi connectivity index (χ4n) is 0.983. The summed E-state index contributed by atoms with van der Waals surface area (Å²) in [4.78, 5) is 0. The van der Waals surface area contributed by atoms with Gasteiger partial charge < -0.3 is 11.5 Å². The molecule has 0 radical (unpaired) electrons. The minimum atomic E-state index is -0.772. The molecule has 4 heteroatoms. The Bertz CT molecular complexity index is 256. The van der Waals surface area contributed by atoms with Crippen molar-refractivity contribution in [1.29, 1.82) is 0 Å². The lowest BCUT2D eigenvalue weighted by Gasteiger charge is -2.10. The molecule has 1 rings (SSSR count). The van der Waals surface area contributed by atoms with E-state index < -0.39 is 17.7 Å². The summed E-state index contributed by atoms with van der Waals surface area (Å²) < 4.78 is 25.8. The van der Waals surface area contributed by atoms with Crippen molar-refractivity contribution < 1.29 is 8.78 Å². The van der Waals surface area contributed by atoms with Crippen LogP contribution in [0.3, 0.4) is 0 Å². The minimum Gasteiger partial charge on any atom is -0.329 e. The van der Waals surface area contributed by atoms with Crippen molar-refractivity contribution in [3.63, 3.8) is 0 Å². The maximum absolute atomic E-state index is 12.9. The quantitative estimate of drug-likeness (QED) is 0.697. The number of rotatable bonds is 2. The van der Waals surface area contributed by atoms with Crippen molar-refractivity contribution in [3.8, 4) is 0 Å². The van der Waals surface area contributed by atoms with E-state index in [2.05, 4.69) is 0 Å². The SMILES string of the molecule is NC[C@H](N)c1c(F)cccc1F. The van der Waals surface area contributed by atoms with Crippen molar-refractivity contribution in [1.82, 2.24) is 0 Å². The summed E-state index contributed by atoms with van der Waals surface area (Å²) in [7, 11) is 0. The Morgan fingerprint density at radius 3 is 2.17 bits per heavy atom. The Hall–Kier alpha value is -1.00. The number of hydrogen-bond acceptors (Lipinski definition) is 2. The first-order chi connectivity index (χ1) is 5.66. The Labute approximate surface area is 69.2 Å². The van der Waals surface area contributed by atoms with Crippen molar-refractivity contribution in [2.45, 2.75) is 6.04 Å². The second kappa shape index (κ2) is 3.60. The van der Waals surface area contributed by atoms with E-state index in [0.717, 1.165) is 12.1 Å². The van der Waals surface area contributed by atoms with E-state index >= 15 is 0 Å². The van der Waals surface area contributed by atoms with Crippen molar-refractivity contribution >= 4 is 0 Å². The van der Waals surface area contributed by atoms with Crippen molar-refractivity contribution in [2.75, 3.05) is 6.54 Å². The van der Waals surface area contributed by atoms with Crippen LogP contribution in [-0.2, 0) is 0 Å². The molecule has 0 spiro atoms. The summed E-state index contributed by atoms with van der Waals surface area (Å²) in [5.74, 6) is -1.29. The van der Waals surface area contributed by atoms with E-state index in [1.54, 1.807) is 0 Å². The predicted octanol–water partition coefficient (Wildman–Crippen LogP) is 0.923. The normalized spacial score (nSPS) is 13.0. The summed E-state index contributed by atoms with van der Waals surface area (Å²) in [5, 5.41) is 0.